The van der Waals surface area contributed by atoms with Crippen LogP contribution in [-0.2, 0) is 6.42 Å². The number of aromatic nitrogens is 3. The summed E-state index contributed by atoms with van der Waals surface area (Å²) in [5, 5.41) is 0. The third-order valence-corrected chi connectivity index (χ3v) is 5.02. The lowest BCUT2D eigenvalue weighted by Gasteiger charge is -2.13. The molecule has 0 saturated carbocycles. The Labute approximate surface area is 153 Å². The van der Waals surface area contributed by atoms with E-state index in [1.54, 1.807) is 0 Å². The zero-order valence-electron chi connectivity index (χ0n) is 15.5. The predicted molar refractivity (Wildman–Crippen MR) is 109 cm³/mol. The van der Waals surface area contributed by atoms with E-state index >= 15 is 0 Å². The van der Waals surface area contributed by atoms with Gasteiger partial charge in [-0.25, -0.2) is 4.98 Å². The van der Waals surface area contributed by atoms with Gasteiger partial charge < -0.3 is 9.97 Å². The third kappa shape index (κ3) is 2.76. The lowest BCUT2D eigenvalue weighted by atomic mass is 9.92. The average molecular weight is 341 g/mol. The molecule has 4 rings (SSSR count). The van der Waals surface area contributed by atoms with Crippen molar-refractivity contribution in [3.05, 3.63) is 83.1 Å². The summed E-state index contributed by atoms with van der Waals surface area (Å²) >= 11 is 0. The number of fused-ring (bicyclic) bond motifs is 1. The fourth-order valence-electron chi connectivity index (χ4n) is 3.75. The van der Waals surface area contributed by atoms with Crippen molar-refractivity contribution in [1.29, 1.82) is 0 Å². The first-order chi connectivity index (χ1) is 12.5. The van der Waals surface area contributed by atoms with Crippen LogP contribution in [0, 0.1) is 20.8 Å². The molecule has 0 saturated heterocycles. The Hall–Kier alpha value is -3.07. The number of nitrogens with zero attached hydrogens (tertiary/aromatic N) is 1. The van der Waals surface area contributed by atoms with Crippen LogP contribution in [-0.4, -0.2) is 15.0 Å². The van der Waals surface area contributed by atoms with Gasteiger partial charge in [0.15, 0.2) is 5.82 Å². The van der Waals surface area contributed by atoms with Gasteiger partial charge in [0, 0.05) is 6.20 Å². The van der Waals surface area contributed by atoms with E-state index in [4.69, 9.17) is 4.98 Å². The number of aryl methyl sites for hydroxylation is 3. The molecular weight excluding hydrogens is 318 g/mol. The standard InChI is InChI=1S/C23H23N3/c1-14-7-5-8-15(2)20(14)17(4)13-18-11-12-24-22(18)23-25-19-10-6-9-16(3)21(19)26-23/h5-12,24H,4,13H2,1-3H3,(H,25,26). The number of nitrogens with one attached hydrogen (secondary N) is 2. The molecule has 2 N–H and O–H groups in total. The van der Waals surface area contributed by atoms with Gasteiger partial charge in [0.1, 0.15) is 0 Å². The maximum atomic E-state index is 4.81. The summed E-state index contributed by atoms with van der Waals surface area (Å²) in [6.45, 7) is 10.8. The molecule has 2 heterocycles. The number of hydrogen-bond acceptors (Lipinski definition) is 1. The molecule has 4 aromatic rings. The van der Waals surface area contributed by atoms with Gasteiger partial charge in [-0.3, -0.25) is 0 Å². The van der Waals surface area contributed by atoms with Crippen LogP contribution in [0.1, 0.15) is 27.8 Å². The summed E-state index contributed by atoms with van der Waals surface area (Å²) in [6, 6.07) is 14.7. The van der Waals surface area contributed by atoms with Crippen LogP contribution in [0.25, 0.3) is 28.1 Å². The summed E-state index contributed by atoms with van der Waals surface area (Å²) in [5.74, 6) is 0.878. The number of H-pyrrole nitrogens is 2. The summed E-state index contributed by atoms with van der Waals surface area (Å²) < 4.78 is 0. The van der Waals surface area contributed by atoms with E-state index < -0.39 is 0 Å². The van der Waals surface area contributed by atoms with Crippen LogP contribution in [0.4, 0.5) is 0 Å². The zero-order chi connectivity index (χ0) is 18.3. The number of hydrogen-bond donors (Lipinski definition) is 2. The monoisotopic (exact) mass is 341 g/mol. The highest BCUT2D eigenvalue weighted by molar-refractivity contribution is 5.82. The second-order valence-corrected chi connectivity index (χ2v) is 6.98. The largest absolute Gasteiger partial charge is 0.358 e. The first-order valence-corrected chi connectivity index (χ1v) is 8.91. The number of rotatable bonds is 4. The summed E-state index contributed by atoms with van der Waals surface area (Å²) in [6.07, 6.45) is 2.77. The first kappa shape index (κ1) is 16.4. The number of allylic oxidation sites excluding steroid dienone is 1. The molecule has 0 atom stereocenters. The van der Waals surface area contributed by atoms with Crippen molar-refractivity contribution < 1.29 is 0 Å². The normalized spacial score (nSPS) is 11.2. The molecule has 0 radical (unpaired) electrons. The van der Waals surface area contributed by atoms with Crippen molar-refractivity contribution in [3.8, 4) is 11.5 Å². The van der Waals surface area contributed by atoms with Crippen molar-refractivity contribution in [2.75, 3.05) is 0 Å². The molecule has 2 aromatic heterocycles. The molecule has 0 aliphatic heterocycles. The predicted octanol–water partition coefficient (Wildman–Crippen LogP) is 5.74. The van der Waals surface area contributed by atoms with E-state index in [0.29, 0.717) is 0 Å². The molecule has 0 amide bonds. The third-order valence-electron chi connectivity index (χ3n) is 5.02. The molecule has 0 bridgehead atoms. The molecule has 130 valence electrons. The molecule has 2 aromatic carbocycles. The molecule has 0 aliphatic rings. The van der Waals surface area contributed by atoms with Gasteiger partial charge in [-0.05, 0) is 72.7 Å². The SMILES string of the molecule is C=C(Cc1cc[nH]c1-c1nc2c(C)cccc2[nH]1)c1c(C)cccc1C. The Morgan fingerprint density at radius 3 is 2.38 bits per heavy atom. The number of para-hydroxylation sites is 1. The molecular formula is C23H23N3. The highest BCUT2D eigenvalue weighted by Gasteiger charge is 2.15. The molecule has 3 nitrogen and oxygen atoms in total. The minimum absolute atomic E-state index is 0.792. The van der Waals surface area contributed by atoms with E-state index in [0.717, 1.165) is 34.5 Å². The van der Waals surface area contributed by atoms with E-state index in [2.05, 4.69) is 79.8 Å². The van der Waals surface area contributed by atoms with Gasteiger partial charge in [-0.1, -0.05) is 36.9 Å². The lowest BCUT2D eigenvalue weighted by Crippen LogP contribution is -1.96. The van der Waals surface area contributed by atoms with Crippen LogP contribution in [0.15, 0.2) is 55.2 Å². The minimum Gasteiger partial charge on any atom is -0.358 e. The van der Waals surface area contributed by atoms with Crippen LogP contribution in [0.2, 0.25) is 0 Å². The second-order valence-electron chi connectivity index (χ2n) is 6.98. The summed E-state index contributed by atoms with van der Waals surface area (Å²) in [4.78, 5) is 11.6. The van der Waals surface area contributed by atoms with Gasteiger partial charge in [-0.2, -0.15) is 0 Å². The van der Waals surface area contributed by atoms with Gasteiger partial charge in [0.2, 0.25) is 0 Å². The van der Waals surface area contributed by atoms with Gasteiger partial charge in [0.25, 0.3) is 0 Å². The number of benzene rings is 2. The zero-order valence-corrected chi connectivity index (χ0v) is 15.5. The quantitative estimate of drug-likeness (QED) is 0.488. The van der Waals surface area contributed by atoms with E-state index in [9.17, 15) is 0 Å². The van der Waals surface area contributed by atoms with Crippen molar-refractivity contribution >= 4 is 16.6 Å². The smallest absolute Gasteiger partial charge is 0.155 e. The molecule has 0 spiro atoms. The second kappa shape index (κ2) is 6.34. The minimum atomic E-state index is 0.792. The van der Waals surface area contributed by atoms with Crippen molar-refractivity contribution in [3.63, 3.8) is 0 Å². The first-order valence-electron chi connectivity index (χ1n) is 8.91. The average Bonchev–Trinajstić information content (AvgIpc) is 3.21. The van der Waals surface area contributed by atoms with E-state index in [-0.39, 0.29) is 0 Å². The molecule has 26 heavy (non-hydrogen) atoms. The van der Waals surface area contributed by atoms with Crippen molar-refractivity contribution in [1.82, 2.24) is 15.0 Å². The molecule has 3 heteroatoms. The number of aromatic amines is 2. The molecule has 0 aliphatic carbocycles. The Balaban J connectivity index is 1.71. The fraction of sp³-hybridized carbons (Fsp3) is 0.174. The van der Waals surface area contributed by atoms with Crippen molar-refractivity contribution in [2.45, 2.75) is 27.2 Å². The summed E-state index contributed by atoms with van der Waals surface area (Å²) in [7, 11) is 0. The van der Waals surface area contributed by atoms with Crippen LogP contribution in [0.3, 0.4) is 0 Å². The molecule has 0 unspecified atom stereocenters. The van der Waals surface area contributed by atoms with Crippen LogP contribution >= 0.6 is 0 Å². The molecule has 0 fully saturated rings. The summed E-state index contributed by atoms with van der Waals surface area (Å²) in [5.41, 5.74) is 10.4. The van der Waals surface area contributed by atoms with Crippen LogP contribution in [0.5, 0.6) is 0 Å². The van der Waals surface area contributed by atoms with E-state index in [1.165, 1.54) is 27.8 Å². The Bertz CT molecular complexity index is 1090. The van der Waals surface area contributed by atoms with Crippen molar-refractivity contribution in [2.24, 2.45) is 0 Å². The fourth-order valence-corrected chi connectivity index (χ4v) is 3.75. The lowest BCUT2D eigenvalue weighted by molar-refractivity contribution is 1.21. The van der Waals surface area contributed by atoms with E-state index in [1.807, 2.05) is 6.20 Å². The maximum Gasteiger partial charge on any atom is 0.155 e. The maximum absolute atomic E-state index is 4.81. The Morgan fingerprint density at radius 1 is 0.962 bits per heavy atom. The topological polar surface area (TPSA) is 44.5 Å². The van der Waals surface area contributed by atoms with Gasteiger partial charge in [-0.15, -0.1) is 0 Å². The highest BCUT2D eigenvalue weighted by Crippen LogP contribution is 2.29. The van der Waals surface area contributed by atoms with Crippen LogP contribution < -0.4 is 0 Å². The van der Waals surface area contributed by atoms with Gasteiger partial charge >= 0.3 is 0 Å². The van der Waals surface area contributed by atoms with Gasteiger partial charge in [0.05, 0.1) is 16.7 Å². The Morgan fingerprint density at radius 2 is 1.65 bits per heavy atom. The Kier molecular flexibility index (Phi) is 4.00. The highest BCUT2D eigenvalue weighted by atomic mass is 15.0. The number of imidazole rings is 1.